The molecule has 0 radical (unpaired) electrons. The molecule has 88 valence electrons. The average Bonchev–Trinajstić information content (AvgIpc) is 2.29. The van der Waals surface area contributed by atoms with Gasteiger partial charge in [0.25, 0.3) is 0 Å². The van der Waals surface area contributed by atoms with Gasteiger partial charge in [0, 0.05) is 23.6 Å². The quantitative estimate of drug-likeness (QED) is 0.269. The van der Waals surface area contributed by atoms with Crippen molar-refractivity contribution in [3.05, 3.63) is 18.6 Å². The molecule has 5 nitrogen and oxygen atoms in total. The SMILES string of the molecule is CC(C)(CCSc1cnccn1)C(N)=NO. The van der Waals surface area contributed by atoms with Gasteiger partial charge in [0.2, 0.25) is 0 Å². The van der Waals surface area contributed by atoms with E-state index in [1.807, 2.05) is 13.8 Å². The first kappa shape index (κ1) is 12.8. The zero-order valence-corrected chi connectivity index (χ0v) is 10.2. The Labute approximate surface area is 99.2 Å². The number of nitrogens with two attached hydrogens (primary N) is 1. The van der Waals surface area contributed by atoms with Crippen LogP contribution in [0.5, 0.6) is 0 Å². The van der Waals surface area contributed by atoms with Crippen molar-refractivity contribution in [2.75, 3.05) is 5.75 Å². The molecular weight excluding hydrogens is 224 g/mol. The lowest BCUT2D eigenvalue weighted by Gasteiger charge is -2.22. The highest BCUT2D eigenvalue weighted by Crippen LogP contribution is 2.25. The van der Waals surface area contributed by atoms with Crippen molar-refractivity contribution in [3.63, 3.8) is 0 Å². The number of rotatable bonds is 5. The normalized spacial score (nSPS) is 12.8. The summed E-state index contributed by atoms with van der Waals surface area (Å²) in [5.41, 5.74) is 5.29. The molecule has 0 fully saturated rings. The minimum Gasteiger partial charge on any atom is -0.409 e. The maximum absolute atomic E-state index is 8.62. The van der Waals surface area contributed by atoms with E-state index in [0.717, 1.165) is 17.2 Å². The van der Waals surface area contributed by atoms with Crippen LogP contribution in [-0.4, -0.2) is 26.8 Å². The number of hydrogen-bond donors (Lipinski definition) is 2. The molecule has 0 spiro atoms. The Morgan fingerprint density at radius 1 is 1.56 bits per heavy atom. The van der Waals surface area contributed by atoms with E-state index < -0.39 is 0 Å². The van der Waals surface area contributed by atoms with Gasteiger partial charge in [0.1, 0.15) is 10.9 Å². The molecule has 1 rings (SSSR count). The summed E-state index contributed by atoms with van der Waals surface area (Å²) in [7, 11) is 0. The van der Waals surface area contributed by atoms with Crippen molar-refractivity contribution in [2.24, 2.45) is 16.3 Å². The number of hydrogen-bond acceptors (Lipinski definition) is 5. The minimum absolute atomic E-state index is 0.257. The monoisotopic (exact) mass is 240 g/mol. The molecule has 6 heteroatoms. The molecule has 3 N–H and O–H groups in total. The van der Waals surface area contributed by atoms with Crippen LogP contribution in [0.4, 0.5) is 0 Å². The van der Waals surface area contributed by atoms with Gasteiger partial charge in [-0.1, -0.05) is 19.0 Å². The summed E-state index contributed by atoms with van der Waals surface area (Å²) in [4.78, 5) is 8.13. The Morgan fingerprint density at radius 2 is 2.31 bits per heavy atom. The molecule has 0 aliphatic rings. The number of nitrogens with zero attached hydrogens (tertiary/aromatic N) is 3. The average molecular weight is 240 g/mol. The fraction of sp³-hybridized carbons (Fsp3) is 0.500. The van der Waals surface area contributed by atoms with E-state index in [0.29, 0.717) is 0 Å². The number of aromatic nitrogens is 2. The van der Waals surface area contributed by atoms with Gasteiger partial charge in [0.15, 0.2) is 0 Å². The summed E-state index contributed by atoms with van der Waals surface area (Å²) in [5.74, 6) is 1.11. The van der Waals surface area contributed by atoms with Gasteiger partial charge < -0.3 is 10.9 Å². The standard InChI is InChI=1S/C10H16N4OS/c1-10(2,9(11)14-15)3-6-16-8-7-12-4-5-13-8/h4-5,7,15H,3,6H2,1-2H3,(H2,11,14). The fourth-order valence-electron chi connectivity index (χ4n) is 1.03. The van der Waals surface area contributed by atoms with Gasteiger partial charge in [0.05, 0.1) is 6.20 Å². The van der Waals surface area contributed by atoms with E-state index in [-0.39, 0.29) is 11.3 Å². The van der Waals surface area contributed by atoms with E-state index in [1.165, 1.54) is 0 Å². The summed E-state index contributed by atoms with van der Waals surface area (Å²) in [5, 5.41) is 12.6. The molecule has 0 bridgehead atoms. The van der Waals surface area contributed by atoms with Gasteiger partial charge in [-0.05, 0) is 6.42 Å². The highest BCUT2D eigenvalue weighted by molar-refractivity contribution is 7.99. The van der Waals surface area contributed by atoms with Gasteiger partial charge in [-0.2, -0.15) is 0 Å². The maximum atomic E-state index is 8.62. The molecule has 0 amide bonds. The molecule has 0 aliphatic heterocycles. The molecule has 0 aliphatic carbocycles. The zero-order chi connectivity index (χ0) is 12.0. The van der Waals surface area contributed by atoms with Crippen LogP contribution >= 0.6 is 11.8 Å². The Hall–Kier alpha value is -1.30. The van der Waals surface area contributed by atoms with Crippen LogP contribution in [-0.2, 0) is 0 Å². The van der Waals surface area contributed by atoms with Crippen LogP contribution in [0.25, 0.3) is 0 Å². The van der Waals surface area contributed by atoms with Crippen LogP contribution < -0.4 is 5.73 Å². The first-order chi connectivity index (χ1) is 7.56. The molecule has 0 saturated heterocycles. The third-order valence-electron chi connectivity index (χ3n) is 2.32. The molecule has 0 aromatic carbocycles. The van der Waals surface area contributed by atoms with E-state index in [1.54, 1.807) is 30.4 Å². The molecule has 0 atom stereocenters. The van der Waals surface area contributed by atoms with Crippen molar-refractivity contribution < 1.29 is 5.21 Å². The van der Waals surface area contributed by atoms with Crippen molar-refractivity contribution in [2.45, 2.75) is 25.3 Å². The van der Waals surface area contributed by atoms with Crippen molar-refractivity contribution in [1.82, 2.24) is 9.97 Å². The third kappa shape index (κ3) is 3.69. The van der Waals surface area contributed by atoms with Gasteiger partial charge in [-0.15, -0.1) is 11.8 Å². The summed E-state index contributed by atoms with van der Waals surface area (Å²) in [6.45, 7) is 3.89. The highest BCUT2D eigenvalue weighted by Gasteiger charge is 2.23. The Balaban J connectivity index is 2.42. The molecule has 0 saturated carbocycles. The summed E-state index contributed by atoms with van der Waals surface area (Å²) in [6, 6.07) is 0. The second kappa shape index (κ2) is 5.69. The van der Waals surface area contributed by atoms with Crippen LogP contribution in [0.1, 0.15) is 20.3 Å². The van der Waals surface area contributed by atoms with E-state index in [2.05, 4.69) is 15.1 Å². The van der Waals surface area contributed by atoms with E-state index >= 15 is 0 Å². The Bertz CT molecular complexity index is 353. The summed E-state index contributed by atoms with van der Waals surface area (Å²) in [6.07, 6.45) is 5.84. The van der Waals surface area contributed by atoms with Crippen molar-refractivity contribution in [3.8, 4) is 0 Å². The van der Waals surface area contributed by atoms with Crippen LogP contribution in [0.3, 0.4) is 0 Å². The second-order valence-corrected chi connectivity index (χ2v) is 5.13. The predicted molar refractivity (Wildman–Crippen MR) is 64.6 cm³/mol. The smallest absolute Gasteiger partial charge is 0.144 e. The van der Waals surface area contributed by atoms with Crippen LogP contribution in [0, 0.1) is 5.41 Å². The lowest BCUT2D eigenvalue weighted by atomic mass is 9.89. The first-order valence-electron chi connectivity index (χ1n) is 4.93. The fourth-order valence-corrected chi connectivity index (χ4v) is 2.13. The predicted octanol–water partition coefficient (Wildman–Crippen LogP) is 1.73. The van der Waals surface area contributed by atoms with Gasteiger partial charge >= 0.3 is 0 Å². The molecule has 16 heavy (non-hydrogen) atoms. The second-order valence-electron chi connectivity index (χ2n) is 4.01. The summed E-state index contributed by atoms with van der Waals surface area (Å²) < 4.78 is 0. The number of oxime groups is 1. The zero-order valence-electron chi connectivity index (χ0n) is 9.42. The summed E-state index contributed by atoms with van der Waals surface area (Å²) >= 11 is 1.61. The van der Waals surface area contributed by atoms with Gasteiger partial charge in [-0.3, -0.25) is 4.98 Å². The molecule has 1 aromatic rings. The lowest BCUT2D eigenvalue weighted by Crippen LogP contribution is -2.32. The van der Waals surface area contributed by atoms with E-state index in [4.69, 9.17) is 10.9 Å². The van der Waals surface area contributed by atoms with Crippen LogP contribution in [0.2, 0.25) is 0 Å². The highest BCUT2D eigenvalue weighted by atomic mass is 32.2. The number of thioether (sulfide) groups is 1. The number of amidine groups is 1. The van der Waals surface area contributed by atoms with E-state index in [9.17, 15) is 0 Å². The largest absolute Gasteiger partial charge is 0.409 e. The maximum Gasteiger partial charge on any atom is 0.144 e. The molecule has 1 heterocycles. The van der Waals surface area contributed by atoms with Crippen molar-refractivity contribution in [1.29, 1.82) is 0 Å². The molecular formula is C10H16N4OS. The third-order valence-corrected chi connectivity index (χ3v) is 3.23. The minimum atomic E-state index is -0.302. The lowest BCUT2D eigenvalue weighted by molar-refractivity contribution is 0.307. The first-order valence-corrected chi connectivity index (χ1v) is 5.91. The Kier molecular flexibility index (Phi) is 4.54. The van der Waals surface area contributed by atoms with Crippen LogP contribution in [0.15, 0.2) is 28.8 Å². The van der Waals surface area contributed by atoms with Gasteiger partial charge in [-0.25, -0.2) is 4.98 Å². The van der Waals surface area contributed by atoms with Crippen molar-refractivity contribution >= 4 is 17.6 Å². The molecule has 1 aromatic heterocycles. The topological polar surface area (TPSA) is 84.4 Å². The Morgan fingerprint density at radius 3 is 2.88 bits per heavy atom. The molecule has 0 unspecified atom stereocenters.